The summed E-state index contributed by atoms with van der Waals surface area (Å²) >= 11 is 0. The SMILES string of the molecule is CCOC(=O)c1cc(C(O)C(O)CCNC(=O)OC(C)(C)C)ccc1N. The molecular formula is C18H28N2O6. The van der Waals surface area contributed by atoms with Crippen molar-refractivity contribution in [1.29, 1.82) is 0 Å². The molecule has 0 spiro atoms. The predicted octanol–water partition coefficient (Wildman–Crippen LogP) is 1.75. The number of esters is 1. The van der Waals surface area contributed by atoms with Crippen LogP contribution in [0.25, 0.3) is 0 Å². The Kier molecular flexibility index (Phi) is 7.85. The fourth-order valence-corrected chi connectivity index (χ4v) is 2.16. The minimum absolute atomic E-state index is 0.0968. The fourth-order valence-electron chi connectivity index (χ4n) is 2.16. The highest BCUT2D eigenvalue weighted by molar-refractivity contribution is 5.95. The van der Waals surface area contributed by atoms with E-state index in [1.165, 1.54) is 18.2 Å². The monoisotopic (exact) mass is 368 g/mol. The number of ether oxygens (including phenoxy) is 2. The lowest BCUT2D eigenvalue weighted by atomic mass is 9.99. The third kappa shape index (κ3) is 6.89. The van der Waals surface area contributed by atoms with Gasteiger partial charge in [-0.25, -0.2) is 9.59 Å². The molecule has 8 nitrogen and oxygen atoms in total. The maximum Gasteiger partial charge on any atom is 0.407 e. The van der Waals surface area contributed by atoms with E-state index in [0.717, 1.165) is 0 Å². The van der Waals surface area contributed by atoms with E-state index in [1.807, 2.05) is 0 Å². The zero-order chi connectivity index (χ0) is 19.9. The summed E-state index contributed by atoms with van der Waals surface area (Å²) in [5, 5.41) is 22.9. The summed E-state index contributed by atoms with van der Waals surface area (Å²) in [6.45, 7) is 7.22. The molecule has 0 aliphatic heterocycles. The van der Waals surface area contributed by atoms with Crippen molar-refractivity contribution in [3.8, 4) is 0 Å². The first-order valence-electron chi connectivity index (χ1n) is 8.44. The number of benzene rings is 1. The van der Waals surface area contributed by atoms with Gasteiger partial charge in [-0.05, 0) is 51.8 Å². The van der Waals surface area contributed by atoms with Crippen LogP contribution in [0.3, 0.4) is 0 Å². The molecule has 0 heterocycles. The molecular weight excluding hydrogens is 340 g/mol. The molecule has 8 heteroatoms. The zero-order valence-electron chi connectivity index (χ0n) is 15.6. The smallest absolute Gasteiger partial charge is 0.407 e. The molecule has 0 aromatic heterocycles. The van der Waals surface area contributed by atoms with Crippen molar-refractivity contribution < 1.29 is 29.3 Å². The Morgan fingerprint density at radius 3 is 2.50 bits per heavy atom. The Labute approximate surface area is 153 Å². The summed E-state index contributed by atoms with van der Waals surface area (Å²) < 4.78 is 9.99. The first-order valence-corrected chi connectivity index (χ1v) is 8.44. The minimum Gasteiger partial charge on any atom is -0.462 e. The molecule has 5 N–H and O–H groups in total. The number of aliphatic hydroxyl groups is 2. The van der Waals surface area contributed by atoms with Gasteiger partial charge in [0.1, 0.15) is 11.7 Å². The van der Waals surface area contributed by atoms with Crippen molar-refractivity contribution in [2.24, 2.45) is 0 Å². The molecule has 1 amide bonds. The second-order valence-corrected chi connectivity index (χ2v) is 6.80. The van der Waals surface area contributed by atoms with Crippen LogP contribution >= 0.6 is 0 Å². The van der Waals surface area contributed by atoms with Crippen molar-refractivity contribution in [3.63, 3.8) is 0 Å². The molecule has 146 valence electrons. The maximum atomic E-state index is 11.9. The van der Waals surface area contributed by atoms with Crippen LogP contribution in [0.4, 0.5) is 10.5 Å². The number of rotatable bonds is 7. The number of carbonyl (C=O) groups is 2. The third-order valence-corrected chi connectivity index (χ3v) is 3.39. The summed E-state index contributed by atoms with van der Waals surface area (Å²) in [4.78, 5) is 23.4. The van der Waals surface area contributed by atoms with Gasteiger partial charge in [0, 0.05) is 12.2 Å². The van der Waals surface area contributed by atoms with Gasteiger partial charge in [0.05, 0.1) is 18.3 Å². The Morgan fingerprint density at radius 2 is 1.92 bits per heavy atom. The van der Waals surface area contributed by atoms with Crippen molar-refractivity contribution in [2.45, 2.75) is 51.9 Å². The van der Waals surface area contributed by atoms with E-state index in [-0.39, 0.29) is 30.8 Å². The number of alkyl carbamates (subject to hydrolysis) is 1. The molecule has 1 aromatic rings. The van der Waals surface area contributed by atoms with Crippen LogP contribution in [0.2, 0.25) is 0 Å². The molecule has 26 heavy (non-hydrogen) atoms. The molecule has 0 bridgehead atoms. The first-order chi connectivity index (χ1) is 12.0. The number of nitrogens with two attached hydrogens (primary N) is 1. The molecule has 0 saturated carbocycles. The maximum absolute atomic E-state index is 11.9. The highest BCUT2D eigenvalue weighted by atomic mass is 16.6. The van der Waals surface area contributed by atoms with E-state index in [4.69, 9.17) is 15.2 Å². The van der Waals surface area contributed by atoms with Gasteiger partial charge in [0.25, 0.3) is 0 Å². The van der Waals surface area contributed by atoms with Gasteiger partial charge in [-0.15, -0.1) is 0 Å². The number of hydrogen-bond donors (Lipinski definition) is 4. The third-order valence-electron chi connectivity index (χ3n) is 3.39. The van der Waals surface area contributed by atoms with E-state index in [1.54, 1.807) is 27.7 Å². The lowest BCUT2D eigenvalue weighted by Gasteiger charge is -2.21. The van der Waals surface area contributed by atoms with Crippen molar-refractivity contribution >= 4 is 17.7 Å². The molecule has 0 aliphatic carbocycles. The zero-order valence-corrected chi connectivity index (χ0v) is 15.6. The molecule has 0 saturated heterocycles. The predicted molar refractivity (Wildman–Crippen MR) is 96.6 cm³/mol. The Morgan fingerprint density at radius 1 is 1.27 bits per heavy atom. The van der Waals surface area contributed by atoms with Crippen LogP contribution in [0.5, 0.6) is 0 Å². The number of carbonyl (C=O) groups excluding carboxylic acids is 2. The number of aliphatic hydroxyl groups excluding tert-OH is 2. The van der Waals surface area contributed by atoms with Crippen LogP contribution in [0.1, 0.15) is 56.1 Å². The molecule has 0 aliphatic rings. The van der Waals surface area contributed by atoms with Crippen LogP contribution in [0.15, 0.2) is 18.2 Å². The van der Waals surface area contributed by atoms with Crippen LogP contribution < -0.4 is 11.1 Å². The van der Waals surface area contributed by atoms with Gasteiger partial charge in [-0.3, -0.25) is 0 Å². The van der Waals surface area contributed by atoms with Crippen LogP contribution in [-0.4, -0.2) is 47.1 Å². The average molecular weight is 368 g/mol. The summed E-state index contributed by atoms with van der Waals surface area (Å²) in [6, 6.07) is 4.38. The number of hydrogen-bond acceptors (Lipinski definition) is 7. The Bertz CT molecular complexity index is 627. The van der Waals surface area contributed by atoms with Crippen molar-refractivity contribution in [2.75, 3.05) is 18.9 Å². The van der Waals surface area contributed by atoms with Gasteiger partial charge in [-0.1, -0.05) is 6.07 Å². The highest BCUT2D eigenvalue weighted by Crippen LogP contribution is 2.23. The second-order valence-electron chi connectivity index (χ2n) is 6.80. The molecule has 2 unspecified atom stereocenters. The van der Waals surface area contributed by atoms with Crippen LogP contribution in [-0.2, 0) is 9.47 Å². The van der Waals surface area contributed by atoms with Crippen LogP contribution in [0, 0.1) is 0 Å². The highest BCUT2D eigenvalue weighted by Gasteiger charge is 2.22. The Hall–Kier alpha value is -2.32. The van der Waals surface area contributed by atoms with Gasteiger partial charge in [-0.2, -0.15) is 0 Å². The fraction of sp³-hybridized carbons (Fsp3) is 0.556. The van der Waals surface area contributed by atoms with Gasteiger partial charge >= 0.3 is 12.1 Å². The van der Waals surface area contributed by atoms with E-state index in [9.17, 15) is 19.8 Å². The van der Waals surface area contributed by atoms with Gasteiger partial charge in [0.15, 0.2) is 0 Å². The number of nitrogen functional groups attached to an aromatic ring is 1. The summed E-state index contributed by atoms with van der Waals surface area (Å²) in [5.41, 5.74) is 5.81. The molecule has 1 rings (SSSR count). The second kappa shape index (κ2) is 9.40. The number of anilines is 1. The minimum atomic E-state index is -1.25. The largest absolute Gasteiger partial charge is 0.462 e. The summed E-state index contributed by atoms with van der Waals surface area (Å²) in [6.07, 6.45) is -2.90. The molecule has 0 fully saturated rings. The summed E-state index contributed by atoms with van der Waals surface area (Å²) in [7, 11) is 0. The molecule has 0 radical (unpaired) electrons. The van der Waals surface area contributed by atoms with E-state index >= 15 is 0 Å². The van der Waals surface area contributed by atoms with E-state index in [0.29, 0.717) is 5.56 Å². The van der Waals surface area contributed by atoms with Gasteiger partial charge in [0.2, 0.25) is 0 Å². The molecule has 2 atom stereocenters. The molecule has 1 aromatic carbocycles. The average Bonchev–Trinajstić information content (AvgIpc) is 2.53. The van der Waals surface area contributed by atoms with Gasteiger partial charge < -0.3 is 30.7 Å². The van der Waals surface area contributed by atoms with Crippen molar-refractivity contribution in [1.82, 2.24) is 5.32 Å². The van der Waals surface area contributed by atoms with Crippen molar-refractivity contribution in [3.05, 3.63) is 29.3 Å². The standard InChI is InChI=1S/C18H28N2O6/c1-5-25-16(23)12-10-11(6-7-13(12)19)15(22)14(21)8-9-20-17(24)26-18(2,3)4/h6-7,10,14-15,21-22H,5,8-9,19H2,1-4H3,(H,20,24). The lowest BCUT2D eigenvalue weighted by molar-refractivity contribution is 0.0122. The lowest BCUT2D eigenvalue weighted by Crippen LogP contribution is -2.34. The summed E-state index contributed by atoms with van der Waals surface area (Å²) in [5.74, 6) is -0.597. The number of nitrogens with one attached hydrogen (secondary N) is 1. The quantitative estimate of drug-likeness (QED) is 0.426. The topological polar surface area (TPSA) is 131 Å². The normalized spacial score (nSPS) is 13.6. The van der Waals surface area contributed by atoms with E-state index < -0.39 is 29.9 Å². The van der Waals surface area contributed by atoms with E-state index in [2.05, 4.69) is 5.32 Å². The number of amides is 1. The Balaban J connectivity index is 2.65. The first kappa shape index (κ1) is 21.7.